The summed E-state index contributed by atoms with van der Waals surface area (Å²) in [5.41, 5.74) is 14.4. The van der Waals surface area contributed by atoms with Crippen LogP contribution in [0.25, 0.3) is 21.5 Å². The maximum absolute atomic E-state index is 11.0. The van der Waals surface area contributed by atoms with E-state index in [2.05, 4.69) is 17.1 Å². The summed E-state index contributed by atoms with van der Waals surface area (Å²) in [7, 11) is 0. The molecule has 0 aliphatic heterocycles. The van der Waals surface area contributed by atoms with Crippen LogP contribution in [0.5, 0.6) is 5.06 Å². The molecule has 0 radical (unpaired) electrons. The molecule has 0 unspecified atom stereocenters. The topological polar surface area (TPSA) is 91.2 Å². The van der Waals surface area contributed by atoms with Gasteiger partial charge in [-0.2, -0.15) is 0 Å². The molecule has 2 aromatic heterocycles. The van der Waals surface area contributed by atoms with Gasteiger partial charge in [0.15, 0.2) is 0 Å². The minimum atomic E-state index is -0.881. The number of carbonyl (C=O) groups excluding carboxylic acids is 1. The van der Waals surface area contributed by atoms with E-state index in [1.807, 2.05) is 31.4 Å². The number of aryl methyl sites for hydroxylation is 1. The Kier molecular flexibility index (Phi) is 4.14. The van der Waals surface area contributed by atoms with E-state index in [1.54, 1.807) is 11.8 Å². The smallest absolute Gasteiger partial charge is 0.397 e. The van der Waals surface area contributed by atoms with E-state index < -0.39 is 6.09 Å². The van der Waals surface area contributed by atoms with Gasteiger partial charge in [0.1, 0.15) is 4.83 Å². The van der Waals surface area contributed by atoms with Gasteiger partial charge >= 0.3 is 6.09 Å². The molecule has 5 nitrogen and oxygen atoms in total. The molecule has 2 heterocycles. The van der Waals surface area contributed by atoms with Gasteiger partial charge in [-0.3, -0.25) is 0 Å². The SMILES string of the molecule is CSc1ccc(-c2cc(C)c3c(N)c(OC(N)=O)sc3n2)cc1. The molecule has 0 bridgehead atoms. The highest BCUT2D eigenvalue weighted by Crippen LogP contribution is 2.41. The number of primary amides is 1. The van der Waals surface area contributed by atoms with Crippen LogP contribution in [0, 0.1) is 6.92 Å². The summed E-state index contributed by atoms with van der Waals surface area (Å²) in [6.45, 7) is 1.96. The van der Waals surface area contributed by atoms with Crippen molar-refractivity contribution < 1.29 is 9.53 Å². The van der Waals surface area contributed by atoms with E-state index in [0.717, 1.165) is 27.0 Å². The van der Waals surface area contributed by atoms with Gasteiger partial charge in [0, 0.05) is 15.8 Å². The van der Waals surface area contributed by atoms with Crippen LogP contribution in [0.4, 0.5) is 10.5 Å². The molecule has 0 aliphatic rings. The lowest BCUT2D eigenvalue weighted by molar-refractivity contribution is 0.212. The van der Waals surface area contributed by atoms with Crippen molar-refractivity contribution in [1.29, 1.82) is 0 Å². The van der Waals surface area contributed by atoms with Crippen LogP contribution in [-0.4, -0.2) is 17.3 Å². The Morgan fingerprint density at radius 3 is 2.61 bits per heavy atom. The Balaban J connectivity index is 2.11. The van der Waals surface area contributed by atoms with Crippen molar-refractivity contribution in [3.05, 3.63) is 35.9 Å². The van der Waals surface area contributed by atoms with Gasteiger partial charge in [0.05, 0.1) is 11.4 Å². The molecule has 0 atom stereocenters. The van der Waals surface area contributed by atoms with Gasteiger partial charge in [0.2, 0.25) is 5.06 Å². The predicted octanol–water partition coefficient (Wildman–Crippen LogP) is 4.03. The lowest BCUT2D eigenvalue weighted by atomic mass is 10.1. The number of benzene rings is 1. The van der Waals surface area contributed by atoms with E-state index in [-0.39, 0.29) is 5.06 Å². The summed E-state index contributed by atoms with van der Waals surface area (Å²) in [6.07, 6.45) is 1.16. The molecule has 0 spiro atoms. The Labute approximate surface area is 141 Å². The molecule has 0 aliphatic carbocycles. The molecular formula is C16H15N3O2S2. The average Bonchev–Trinajstić information content (AvgIpc) is 2.83. The van der Waals surface area contributed by atoms with Crippen molar-refractivity contribution in [3.8, 4) is 16.3 Å². The molecule has 1 amide bonds. The summed E-state index contributed by atoms with van der Waals surface area (Å²) in [6, 6.07) is 10.2. The zero-order chi connectivity index (χ0) is 16.6. The molecular weight excluding hydrogens is 330 g/mol. The van der Waals surface area contributed by atoms with Crippen LogP contribution in [0.1, 0.15) is 5.56 Å². The fourth-order valence-electron chi connectivity index (χ4n) is 2.37. The minimum Gasteiger partial charge on any atom is -0.397 e. The Bertz CT molecular complexity index is 888. The minimum absolute atomic E-state index is 0.290. The molecule has 0 saturated heterocycles. The standard InChI is InChI=1S/C16H15N3O2S2/c1-8-7-11(9-3-5-10(22-2)6-4-9)19-14-12(8)13(17)15(23-14)21-16(18)20/h3-7H,17H2,1-2H3,(H2,18,20). The quantitative estimate of drug-likeness (QED) is 0.699. The third-order valence-corrected chi connectivity index (χ3v) is 5.16. The summed E-state index contributed by atoms with van der Waals surface area (Å²) >= 11 is 2.91. The number of ether oxygens (including phenoxy) is 1. The predicted molar refractivity (Wildman–Crippen MR) is 96.2 cm³/mol. The van der Waals surface area contributed by atoms with E-state index >= 15 is 0 Å². The molecule has 3 rings (SSSR count). The third kappa shape index (κ3) is 2.97. The maximum atomic E-state index is 11.0. The number of nitrogens with two attached hydrogens (primary N) is 2. The first kappa shape index (κ1) is 15.6. The van der Waals surface area contributed by atoms with Gasteiger partial charge in [0.25, 0.3) is 0 Å². The summed E-state index contributed by atoms with van der Waals surface area (Å²) in [5.74, 6) is 0. The first-order valence-corrected chi connectivity index (χ1v) is 8.85. The second kappa shape index (κ2) is 6.10. The van der Waals surface area contributed by atoms with Gasteiger partial charge in [-0.25, -0.2) is 9.78 Å². The number of nitrogen functional groups attached to an aromatic ring is 1. The van der Waals surface area contributed by atoms with Crippen LogP contribution >= 0.6 is 23.1 Å². The highest BCUT2D eigenvalue weighted by Gasteiger charge is 2.17. The van der Waals surface area contributed by atoms with Crippen molar-refractivity contribution in [1.82, 2.24) is 4.98 Å². The van der Waals surface area contributed by atoms with E-state index in [4.69, 9.17) is 16.2 Å². The van der Waals surface area contributed by atoms with Crippen molar-refractivity contribution in [2.24, 2.45) is 5.73 Å². The number of hydrogen-bond donors (Lipinski definition) is 2. The largest absolute Gasteiger partial charge is 0.410 e. The normalized spacial score (nSPS) is 10.9. The van der Waals surface area contributed by atoms with Crippen LogP contribution in [-0.2, 0) is 0 Å². The first-order chi connectivity index (χ1) is 11.0. The highest BCUT2D eigenvalue weighted by atomic mass is 32.2. The lowest BCUT2D eigenvalue weighted by Gasteiger charge is -2.05. The molecule has 4 N–H and O–H groups in total. The Morgan fingerprint density at radius 2 is 2.00 bits per heavy atom. The second-order valence-electron chi connectivity index (χ2n) is 4.96. The fourth-order valence-corrected chi connectivity index (χ4v) is 3.80. The highest BCUT2D eigenvalue weighted by molar-refractivity contribution is 7.98. The van der Waals surface area contributed by atoms with Crippen LogP contribution in [0.15, 0.2) is 35.2 Å². The van der Waals surface area contributed by atoms with Gasteiger partial charge in [-0.1, -0.05) is 23.5 Å². The van der Waals surface area contributed by atoms with E-state index in [1.165, 1.54) is 16.2 Å². The monoisotopic (exact) mass is 345 g/mol. The molecule has 7 heteroatoms. The number of thiophene rings is 1. The number of pyridine rings is 1. The fraction of sp³-hybridized carbons (Fsp3) is 0.125. The maximum Gasteiger partial charge on any atom is 0.410 e. The van der Waals surface area contributed by atoms with Crippen molar-refractivity contribution in [2.45, 2.75) is 11.8 Å². The molecule has 23 heavy (non-hydrogen) atoms. The number of fused-ring (bicyclic) bond motifs is 1. The summed E-state index contributed by atoms with van der Waals surface area (Å²) in [4.78, 5) is 17.5. The van der Waals surface area contributed by atoms with Crippen LogP contribution in [0.3, 0.4) is 0 Å². The third-order valence-electron chi connectivity index (χ3n) is 3.44. The van der Waals surface area contributed by atoms with Crippen LogP contribution < -0.4 is 16.2 Å². The van der Waals surface area contributed by atoms with Crippen molar-refractivity contribution in [2.75, 3.05) is 12.0 Å². The van der Waals surface area contributed by atoms with Gasteiger partial charge < -0.3 is 16.2 Å². The van der Waals surface area contributed by atoms with Crippen molar-refractivity contribution in [3.63, 3.8) is 0 Å². The molecule has 0 fully saturated rings. The Hall–Kier alpha value is -2.25. The number of anilines is 1. The average molecular weight is 345 g/mol. The lowest BCUT2D eigenvalue weighted by Crippen LogP contribution is -2.16. The van der Waals surface area contributed by atoms with E-state index in [9.17, 15) is 4.79 Å². The Morgan fingerprint density at radius 1 is 1.30 bits per heavy atom. The van der Waals surface area contributed by atoms with Gasteiger partial charge in [-0.05, 0) is 36.9 Å². The number of hydrogen-bond acceptors (Lipinski definition) is 6. The summed E-state index contributed by atoms with van der Waals surface area (Å²) < 4.78 is 4.95. The number of thioether (sulfide) groups is 1. The molecule has 0 saturated carbocycles. The zero-order valence-electron chi connectivity index (χ0n) is 12.6. The number of amides is 1. The number of aromatic nitrogens is 1. The summed E-state index contributed by atoms with van der Waals surface area (Å²) in [5, 5.41) is 1.09. The van der Waals surface area contributed by atoms with Crippen LogP contribution in [0.2, 0.25) is 0 Å². The molecule has 1 aromatic carbocycles. The number of nitrogens with zero attached hydrogens (tertiary/aromatic N) is 1. The zero-order valence-corrected chi connectivity index (χ0v) is 14.3. The molecule has 118 valence electrons. The first-order valence-electron chi connectivity index (χ1n) is 6.81. The number of carbonyl (C=O) groups is 1. The van der Waals surface area contributed by atoms with Crippen molar-refractivity contribution >= 4 is 45.1 Å². The molecule has 3 aromatic rings. The van der Waals surface area contributed by atoms with E-state index in [0.29, 0.717) is 5.69 Å². The second-order valence-corrected chi connectivity index (χ2v) is 6.80. The number of rotatable bonds is 3. The van der Waals surface area contributed by atoms with Gasteiger partial charge in [-0.15, -0.1) is 11.8 Å².